The van der Waals surface area contributed by atoms with E-state index in [-0.39, 0.29) is 22.9 Å². The number of aliphatic hydroxyl groups is 9. The molecule has 9 rings (SSSR count). The lowest BCUT2D eigenvalue weighted by Crippen LogP contribution is -2.66. The molecule has 8 fully saturated rings. The molecule has 0 aromatic carbocycles. The van der Waals surface area contributed by atoms with E-state index in [1.54, 1.807) is 0 Å². The highest BCUT2D eigenvalue weighted by Crippen LogP contribution is 2.72. The molecule has 0 radical (unpaired) electrons. The van der Waals surface area contributed by atoms with Crippen LogP contribution in [0.15, 0.2) is 11.6 Å². The van der Waals surface area contributed by atoms with Gasteiger partial charge in [-0.3, -0.25) is 0 Å². The van der Waals surface area contributed by atoms with E-state index < -0.39 is 116 Å². The van der Waals surface area contributed by atoms with Gasteiger partial charge in [-0.15, -0.1) is 0 Å². The summed E-state index contributed by atoms with van der Waals surface area (Å²) >= 11 is 0. The zero-order chi connectivity index (χ0) is 44.4. The van der Waals surface area contributed by atoms with E-state index in [0.29, 0.717) is 43.1 Å². The van der Waals surface area contributed by atoms with Gasteiger partial charge in [0, 0.05) is 17.8 Å². The Labute approximate surface area is 363 Å². The molecule has 4 aliphatic carbocycles. The van der Waals surface area contributed by atoms with Crippen LogP contribution < -0.4 is 0 Å². The SMILES string of the molecule is C[C@@H]1CC[C@@]2(OC1)O[C@H]1C[C@H]3[C@@H]4CC=C5C[C@@H](O[C@@H]6O[C@H](CO)[C@H](O[C@@H]7O[C@@H](C)[C@H](O)[C@@H](O)[C@H]7O)[C@H](O)[C@H]6O[C@@H]6O[C@@H](C)[C@H](O)[C@@H](O)[C@H]6O)CC[C@]5(C)[C@H]4CC[C@]3(C)[C@@]1(O)[C@@H]2C. The fourth-order valence-electron chi connectivity index (χ4n) is 13.9. The average molecular weight is 885 g/mol. The Morgan fingerprint density at radius 2 is 1.34 bits per heavy atom. The highest BCUT2D eigenvalue weighted by molar-refractivity contribution is 5.29. The molecule has 26 atom stereocenters. The van der Waals surface area contributed by atoms with Crippen LogP contribution in [0, 0.1) is 40.4 Å². The molecule has 9 N–H and O–H groups in total. The minimum Gasteiger partial charge on any atom is -0.394 e. The molecule has 0 unspecified atom stereocenters. The molecule has 5 saturated heterocycles. The molecule has 5 heterocycles. The standard InChI is InChI=1S/C45H72O17/c1-19-9-14-44(55-18-19)22(4)45(54)29(62-44)16-27-25-8-7-23-15-24(10-12-42(23,5)26(25)11-13-43(27,45)6)58-41-38(61-40-35(52)33(50)31(48)21(3)57-40)36(53)37(28(17-46)59-41)60-39-34(51)32(49)30(47)20(2)56-39/h7,19-22,24-41,46-54H,8-18H2,1-6H3/t19-,20+,21+,22-,24+,25-,26+,27+,28-,29+,30+,31+,32-,33-,34-,35-,36+,37+,38-,39+,40+,41-,42+,43+,44-,45-/m1/s1. The molecule has 0 bridgehead atoms. The summed E-state index contributed by atoms with van der Waals surface area (Å²) in [6.07, 6.45) is -12.6. The molecule has 62 heavy (non-hydrogen) atoms. The second-order valence-electron chi connectivity index (χ2n) is 21.2. The lowest BCUT2D eigenvalue weighted by atomic mass is 9.46. The summed E-state index contributed by atoms with van der Waals surface area (Å²) in [4.78, 5) is 0. The van der Waals surface area contributed by atoms with Crippen LogP contribution in [-0.4, -0.2) is 175 Å². The molecule has 3 saturated carbocycles. The maximum atomic E-state index is 12.8. The van der Waals surface area contributed by atoms with Crippen LogP contribution in [0.3, 0.4) is 0 Å². The van der Waals surface area contributed by atoms with Gasteiger partial charge in [0.15, 0.2) is 24.7 Å². The fourth-order valence-corrected chi connectivity index (χ4v) is 13.9. The molecule has 5 aliphatic heterocycles. The van der Waals surface area contributed by atoms with E-state index in [0.717, 1.165) is 44.9 Å². The summed E-state index contributed by atoms with van der Waals surface area (Å²) in [5.41, 5.74) is -0.108. The molecule has 0 aromatic rings. The van der Waals surface area contributed by atoms with E-state index in [2.05, 4.69) is 33.8 Å². The van der Waals surface area contributed by atoms with Crippen LogP contribution in [0.1, 0.15) is 99.3 Å². The first-order valence-electron chi connectivity index (χ1n) is 23.3. The zero-order valence-electron chi connectivity index (χ0n) is 36.8. The van der Waals surface area contributed by atoms with Gasteiger partial charge in [-0.05, 0) is 94.3 Å². The van der Waals surface area contributed by atoms with E-state index in [9.17, 15) is 46.0 Å². The Bertz CT molecular complexity index is 1640. The molecule has 17 nitrogen and oxygen atoms in total. The number of ether oxygens (including phenoxy) is 8. The first kappa shape index (κ1) is 46.2. The van der Waals surface area contributed by atoms with Crippen molar-refractivity contribution in [1.29, 1.82) is 0 Å². The van der Waals surface area contributed by atoms with E-state index in [1.807, 2.05) is 0 Å². The van der Waals surface area contributed by atoms with Gasteiger partial charge >= 0.3 is 0 Å². The normalized spacial score (nSPS) is 58.9. The first-order chi connectivity index (χ1) is 29.3. The third-order valence-corrected chi connectivity index (χ3v) is 17.9. The predicted octanol–water partition coefficient (Wildman–Crippen LogP) is 0.357. The van der Waals surface area contributed by atoms with E-state index in [1.165, 1.54) is 19.4 Å². The molecular formula is C45H72O17. The number of hydrogen-bond donors (Lipinski definition) is 9. The number of fused-ring (bicyclic) bond motifs is 7. The van der Waals surface area contributed by atoms with E-state index in [4.69, 9.17) is 37.9 Å². The van der Waals surface area contributed by atoms with Crippen LogP contribution in [-0.2, 0) is 37.9 Å². The number of rotatable bonds is 7. The summed E-state index contributed by atoms with van der Waals surface area (Å²) in [6.45, 7) is 12.0. The maximum Gasteiger partial charge on any atom is 0.187 e. The predicted molar refractivity (Wildman–Crippen MR) is 214 cm³/mol. The maximum absolute atomic E-state index is 12.8. The van der Waals surface area contributed by atoms with Crippen molar-refractivity contribution in [3.63, 3.8) is 0 Å². The van der Waals surface area contributed by atoms with Crippen molar-refractivity contribution >= 4 is 0 Å². The molecule has 0 amide bonds. The molecule has 1 spiro atoms. The van der Waals surface area contributed by atoms with Gasteiger partial charge < -0.3 is 83.9 Å². The first-order valence-corrected chi connectivity index (χ1v) is 23.3. The van der Waals surface area contributed by atoms with Crippen molar-refractivity contribution < 1.29 is 83.9 Å². The quantitative estimate of drug-likeness (QED) is 0.157. The summed E-state index contributed by atoms with van der Waals surface area (Å²) in [7, 11) is 0. The van der Waals surface area contributed by atoms with Gasteiger partial charge in [-0.25, -0.2) is 0 Å². The Kier molecular flexibility index (Phi) is 12.4. The van der Waals surface area contributed by atoms with Gasteiger partial charge in [-0.1, -0.05) is 39.3 Å². The van der Waals surface area contributed by atoms with Crippen molar-refractivity contribution in [2.45, 2.75) is 215 Å². The highest BCUT2D eigenvalue weighted by Gasteiger charge is 2.76. The van der Waals surface area contributed by atoms with Crippen molar-refractivity contribution in [3.8, 4) is 0 Å². The lowest BCUT2D eigenvalue weighted by molar-refractivity contribution is -0.388. The Morgan fingerprint density at radius 3 is 1.95 bits per heavy atom. The van der Waals surface area contributed by atoms with Crippen LogP contribution in [0.25, 0.3) is 0 Å². The summed E-state index contributed by atoms with van der Waals surface area (Å²) < 4.78 is 49.8. The number of hydrogen-bond acceptors (Lipinski definition) is 17. The van der Waals surface area contributed by atoms with Gasteiger partial charge in [0.1, 0.15) is 66.6 Å². The van der Waals surface area contributed by atoms with Crippen molar-refractivity contribution in [2.75, 3.05) is 13.2 Å². The monoisotopic (exact) mass is 884 g/mol. The molecule has 0 aromatic heterocycles. The van der Waals surface area contributed by atoms with Crippen LogP contribution in [0.2, 0.25) is 0 Å². The minimum absolute atomic E-state index is 0.112. The van der Waals surface area contributed by atoms with Crippen LogP contribution in [0.4, 0.5) is 0 Å². The van der Waals surface area contributed by atoms with Gasteiger partial charge in [0.2, 0.25) is 0 Å². The molecular weight excluding hydrogens is 812 g/mol. The number of aliphatic hydroxyl groups excluding tert-OH is 8. The fraction of sp³-hybridized carbons (Fsp3) is 0.956. The average Bonchev–Trinajstić information content (AvgIpc) is 3.60. The molecule has 17 heteroatoms. The summed E-state index contributed by atoms with van der Waals surface area (Å²) in [5.74, 6) is 0.684. The third kappa shape index (κ3) is 7.05. The lowest BCUT2D eigenvalue weighted by Gasteiger charge is -2.60. The van der Waals surface area contributed by atoms with Crippen molar-refractivity contribution in [2.24, 2.45) is 40.4 Å². The van der Waals surface area contributed by atoms with Crippen LogP contribution >= 0.6 is 0 Å². The summed E-state index contributed by atoms with van der Waals surface area (Å²) in [5, 5.41) is 98.7. The Morgan fingerprint density at radius 1 is 0.694 bits per heavy atom. The van der Waals surface area contributed by atoms with E-state index >= 15 is 0 Å². The van der Waals surface area contributed by atoms with Gasteiger partial charge in [0.05, 0.1) is 37.6 Å². The largest absolute Gasteiger partial charge is 0.394 e. The smallest absolute Gasteiger partial charge is 0.187 e. The van der Waals surface area contributed by atoms with Crippen LogP contribution in [0.5, 0.6) is 0 Å². The molecule has 354 valence electrons. The number of allylic oxidation sites excluding steroid dienone is 1. The second kappa shape index (κ2) is 16.7. The third-order valence-electron chi connectivity index (χ3n) is 17.9. The summed E-state index contributed by atoms with van der Waals surface area (Å²) in [6, 6.07) is 0. The zero-order valence-corrected chi connectivity index (χ0v) is 36.8. The Hall–Kier alpha value is -0.940. The van der Waals surface area contributed by atoms with Gasteiger partial charge in [0.25, 0.3) is 0 Å². The Balaban J connectivity index is 0.924. The van der Waals surface area contributed by atoms with Crippen molar-refractivity contribution in [1.82, 2.24) is 0 Å². The molecule has 9 aliphatic rings. The van der Waals surface area contributed by atoms with Gasteiger partial charge in [-0.2, -0.15) is 0 Å². The minimum atomic E-state index is -1.72. The highest BCUT2D eigenvalue weighted by atomic mass is 16.8. The van der Waals surface area contributed by atoms with Crippen molar-refractivity contribution in [3.05, 3.63) is 11.6 Å². The second-order valence-corrected chi connectivity index (χ2v) is 21.2. The topological polar surface area (TPSA) is 256 Å².